The van der Waals surface area contributed by atoms with Crippen LogP contribution < -0.4 is 10.1 Å². The molecule has 0 bridgehead atoms. The third-order valence-electron chi connectivity index (χ3n) is 4.96. The van der Waals surface area contributed by atoms with E-state index < -0.39 is 10.0 Å². The number of sulfonamides is 1. The molecule has 3 aromatic carbocycles. The highest BCUT2D eigenvalue weighted by atomic mass is 32.2. The molecule has 2 N–H and O–H groups in total. The Bertz CT molecular complexity index is 1240. The zero-order valence-electron chi connectivity index (χ0n) is 16.3. The lowest BCUT2D eigenvalue weighted by molar-refractivity contribution is 0.597. The summed E-state index contributed by atoms with van der Waals surface area (Å²) in [6, 6.07) is 18.2. The molecule has 0 spiro atoms. The quantitative estimate of drug-likeness (QED) is 0.630. The Hall–Kier alpha value is -3.36. The fourth-order valence-electron chi connectivity index (χ4n) is 3.37. The first kappa shape index (κ1) is 20.9. The number of nitrogens with zero attached hydrogens (tertiary/aromatic N) is 2. The van der Waals surface area contributed by atoms with Crippen molar-refractivity contribution in [3.05, 3.63) is 102 Å². The molecule has 0 radical (unpaired) electrons. The van der Waals surface area contributed by atoms with E-state index in [2.05, 4.69) is 5.10 Å². The molecule has 8 heteroatoms. The average Bonchev–Trinajstić information content (AvgIpc) is 3.18. The lowest BCUT2D eigenvalue weighted by Crippen LogP contribution is -2.19. The zero-order valence-corrected chi connectivity index (χ0v) is 17.1. The first-order chi connectivity index (χ1) is 14.8. The highest BCUT2D eigenvalue weighted by Crippen LogP contribution is 2.36. The van der Waals surface area contributed by atoms with E-state index in [1.807, 2.05) is 12.2 Å². The van der Waals surface area contributed by atoms with Crippen molar-refractivity contribution in [2.45, 2.75) is 17.4 Å². The van der Waals surface area contributed by atoms with E-state index in [0.29, 0.717) is 12.1 Å². The molecule has 0 saturated carbocycles. The highest BCUT2D eigenvalue weighted by molar-refractivity contribution is 7.89. The Morgan fingerprint density at radius 1 is 0.871 bits per heavy atom. The number of nitrogens with two attached hydrogens (primary N) is 1. The number of allylic oxidation sites excluding steroid dienone is 1. The van der Waals surface area contributed by atoms with E-state index in [9.17, 15) is 17.2 Å². The van der Waals surface area contributed by atoms with Gasteiger partial charge in [0.1, 0.15) is 11.6 Å². The van der Waals surface area contributed by atoms with Crippen LogP contribution in [-0.4, -0.2) is 14.1 Å². The molecule has 31 heavy (non-hydrogen) atoms. The van der Waals surface area contributed by atoms with Gasteiger partial charge in [-0.05, 0) is 65.7 Å². The molecule has 1 aliphatic rings. The third-order valence-corrected chi connectivity index (χ3v) is 5.89. The molecule has 1 heterocycles. The summed E-state index contributed by atoms with van der Waals surface area (Å²) in [6.45, 7) is 0. The molecule has 5 nitrogen and oxygen atoms in total. The Kier molecular flexibility index (Phi) is 5.67. The summed E-state index contributed by atoms with van der Waals surface area (Å²) in [4.78, 5) is 0.00851. The average molecular weight is 439 g/mol. The van der Waals surface area contributed by atoms with Crippen molar-refractivity contribution in [1.82, 2.24) is 0 Å². The van der Waals surface area contributed by atoms with Crippen molar-refractivity contribution in [3.63, 3.8) is 0 Å². The Labute approximate surface area is 179 Å². The predicted octanol–water partition coefficient (Wildman–Crippen LogP) is 4.63. The first-order valence-corrected chi connectivity index (χ1v) is 11.0. The van der Waals surface area contributed by atoms with E-state index in [0.717, 1.165) is 16.8 Å². The van der Waals surface area contributed by atoms with Crippen molar-refractivity contribution in [2.24, 2.45) is 10.2 Å². The van der Waals surface area contributed by atoms with Crippen LogP contribution in [0.25, 0.3) is 6.08 Å². The molecule has 4 rings (SSSR count). The summed E-state index contributed by atoms with van der Waals surface area (Å²) in [5, 5.41) is 11.6. The van der Waals surface area contributed by atoms with Gasteiger partial charge in [0.2, 0.25) is 10.0 Å². The predicted molar refractivity (Wildman–Crippen MR) is 117 cm³/mol. The lowest BCUT2D eigenvalue weighted by Gasteiger charge is -2.24. The van der Waals surface area contributed by atoms with E-state index in [1.54, 1.807) is 41.4 Å². The number of primary sulfonamides is 1. The summed E-state index contributed by atoms with van der Waals surface area (Å²) in [6.07, 6.45) is 4.25. The molecule has 0 unspecified atom stereocenters. The van der Waals surface area contributed by atoms with Crippen molar-refractivity contribution in [1.29, 1.82) is 0 Å². The fraction of sp³-hybridized carbons (Fsp3) is 0.0870. The number of hydrogen-bond acceptors (Lipinski definition) is 4. The smallest absolute Gasteiger partial charge is 0.238 e. The second kappa shape index (κ2) is 8.41. The van der Waals surface area contributed by atoms with Crippen LogP contribution in [0.1, 0.15) is 23.6 Å². The molecular formula is C23H19F2N3O2S. The lowest BCUT2D eigenvalue weighted by atomic mass is 10.0. The maximum absolute atomic E-state index is 13.4. The summed E-state index contributed by atoms with van der Waals surface area (Å²) in [7, 11) is -3.80. The maximum Gasteiger partial charge on any atom is 0.238 e. The van der Waals surface area contributed by atoms with Gasteiger partial charge >= 0.3 is 0 Å². The van der Waals surface area contributed by atoms with Gasteiger partial charge < -0.3 is 0 Å². The molecule has 3 aromatic rings. The molecule has 0 fully saturated rings. The van der Waals surface area contributed by atoms with Gasteiger partial charge in [0, 0.05) is 6.42 Å². The van der Waals surface area contributed by atoms with Crippen LogP contribution in [0.4, 0.5) is 14.5 Å². The topological polar surface area (TPSA) is 75.8 Å². The SMILES string of the molecule is NS(=O)(=O)c1ccc(N2N=C(/C=C/c3ccc(F)cc3)C[C@H]2c2ccc(F)cc2)cc1. The Morgan fingerprint density at radius 3 is 2.03 bits per heavy atom. The molecule has 1 atom stereocenters. The van der Waals surface area contributed by atoms with E-state index in [-0.39, 0.29) is 22.6 Å². The third kappa shape index (κ3) is 4.87. The van der Waals surface area contributed by atoms with Crippen LogP contribution in [-0.2, 0) is 10.0 Å². The number of hydrazone groups is 1. The summed E-state index contributed by atoms with van der Waals surface area (Å²) in [5.41, 5.74) is 3.14. The summed E-state index contributed by atoms with van der Waals surface area (Å²) >= 11 is 0. The molecular weight excluding hydrogens is 420 g/mol. The van der Waals surface area contributed by atoms with Crippen LogP contribution in [0.2, 0.25) is 0 Å². The molecule has 0 amide bonds. The number of halogens is 2. The van der Waals surface area contributed by atoms with Gasteiger partial charge in [-0.1, -0.05) is 30.3 Å². The fourth-order valence-corrected chi connectivity index (χ4v) is 3.89. The summed E-state index contributed by atoms with van der Waals surface area (Å²) in [5.74, 6) is -0.635. The van der Waals surface area contributed by atoms with Crippen molar-refractivity contribution in [2.75, 3.05) is 5.01 Å². The van der Waals surface area contributed by atoms with Crippen LogP contribution in [0.15, 0.2) is 88.9 Å². The van der Waals surface area contributed by atoms with E-state index in [1.165, 1.54) is 36.4 Å². The molecule has 0 aliphatic carbocycles. The molecule has 158 valence electrons. The van der Waals surface area contributed by atoms with Crippen LogP contribution >= 0.6 is 0 Å². The van der Waals surface area contributed by atoms with Gasteiger partial charge in [0.05, 0.1) is 22.3 Å². The zero-order chi connectivity index (χ0) is 22.0. The number of rotatable bonds is 5. The minimum atomic E-state index is -3.80. The molecule has 0 aromatic heterocycles. The monoisotopic (exact) mass is 439 g/mol. The van der Waals surface area contributed by atoms with E-state index in [4.69, 9.17) is 5.14 Å². The van der Waals surface area contributed by atoms with Gasteiger partial charge in [0.25, 0.3) is 0 Å². The second-order valence-electron chi connectivity index (χ2n) is 7.13. The summed E-state index contributed by atoms with van der Waals surface area (Å²) < 4.78 is 49.6. The van der Waals surface area contributed by atoms with Gasteiger partial charge in [-0.25, -0.2) is 22.3 Å². The highest BCUT2D eigenvalue weighted by Gasteiger charge is 2.28. The standard InChI is InChI=1S/C23H19F2N3O2S/c24-18-6-1-16(2-7-18)3-10-20-15-23(17-4-8-19(25)9-5-17)28(27-20)21-11-13-22(14-12-21)31(26,29)30/h1-14,23H,15H2,(H2,26,29,30)/b10-3+/t23-/m0/s1. The second-order valence-corrected chi connectivity index (χ2v) is 8.69. The largest absolute Gasteiger partial charge is 0.257 e. The Morgan fingerprint density at radius 2 is 1.45 bits per heavy atom. The Balaban J connectivity index is 1.66. The number of benzene rings is 3. The van der Waals surface area contributed by atoms with Crippen molar-refractivity contribution < 1.29 is 17.2 Å². The van der Waals surface area contributed by atoms with Gasteiger partial charge in [0.15, 0.2) is 0 Å². The minimum absolute atomic E-state index is 0.00851. The van der Waals surface area contributed by atoms with Crippen LogP contribution in [0, 0.1) is 11.6 Å². The van der Waals surface area contributed by atoms with Gasteiger partial charge in [-0.3, -0.25) is 5.01 Å². The minimum Gasteiger partial charge on any atom is -0.257 e. The number of anilines is 1. The number of hydrogen-bond donors (Lipinski definition) is 1. The van der Waals surface area contributed by atoms with Crippen LogP contribution in [0.5, 0.6) is 0 Å². The van der Waals surface area contributed by atoms with Crippen molar-refractivity contribution >= 4 is 27.5 Å². The molecule has 0 saturated heterocycles. The van der Waals surface area contributed by atoms with E-state index >= 15 is 0 Å². The van der Waals surface area contributed by atoms with Crippen molar-refractivity contribution in [3.8, 4) is 0 Å². The molecule has 1 aliphatic heterocycles. The normalized spacial score (nSPS) is 16.7. The van der Waals surface area contributed by atoms with Crippen LogP contribution in [0.3, 0.4) is 0 Å². The maximum atomic E-state index is 13.4. The first-order valence-electron chi connectivity index (χ1n) is 9.48. The van der Waals surface area contributed by atoms with Gasteiger partial charge in [-0.2, -0.15) is 5.10 Å². The van der Waals surface area contributed by atoms with Gasteiger partial charge in [-0.15, -0.1) is 0 Å².